The second-order valence-corrected chi connectivity index (χ2v) is 5.85. The van der Waals surface area contributed by atoms with Crippen LogP contribution in [-0.4, -0.2) is 37.0 Å². The summed E-state index contributed by atoms with van der Waals surface area (Å²) in [5.41, 5.74) is 8.18. The zero-order valence-electron chi connectivity index (χ0n) is 11.4. The molecule has 1 fully saturated rings. The summed E-state index contributed by atoms with van der Waals surface area (Å²) in [6.45, 7) is 6.93. The van der Waals surface area contributed by atoms with E-state index in [9.17, 15) is 4.79 Å². The number of hydrogen-bond acceptors (Lipinski definition) is 3. The van der Waals surface area contributed by atoms with Crippen molar-refractivity contribution in [2.24, 2.45) is 5.73 Å². The van der Waals surface area contributed by atoms with Crippen LogP contribution in [-0.2, 0) is 4.79 Å². The molecule has 19 heavy (non-hydrogen) atoms. The van der Waals surface area contributed by atoms with E-state index in [0.29, 0.717) is 0 Å². The molecular weight excluding hydrogens is 306 g/mol. The average Bonchev–Trinajstić information content (AvgIpc) is 2.38. The van der Waals surface area contributed by atoms with Crippen LogP contribution in [0.2, 0.25) is 0 Å². The van der Waals surface area contributed by atoms with Crippen molar-refractivity contribution in [3.63, 3.8) is 0 Å². The monoisotopic (exact) mass is 325 g/mol. The van der Waals surface area contributed by atoms with Gasteiger partial charge in [0.25, 0.3) is 0 Å². The van der Waals surface area contributed by atoms with Crippen molar-refractivity contribution >= 4 is 27.5 Å². The average molecular weight is 326 g/mol. The Balaban J connectivity index is 2.09. The van der Waals surface area contributed by atoms with Crippen LogP contribution in [0.5, 0.6) is 0 Å². The molecule has 104 valence electrons. The summed E-state index contributed by atoms with van der Waals surface area (Å²) in [5.74, 6) is 0.158. The Labute approximate surface area is 122 Å². The van der Waals surface area contributed by atoms with E-state index in [1.165, 1.54) is 5.69 Å². The molecule has 0 aromatic heterocycles. The van der Waals surface area contributed by atoms with Crippen LogP contribution < -0.4 is 10.6 Å². The number of nitrogens with zero attached hydrogens (tertiary/aromatic N) is 2. The van der Waals surface area contributed by atoms with E-state index in [2.05, 4.69) is 39.0 Å². The third-order valence-electron chi connectivity index (χ3n) is 3.56. The second kappa shape index (κ2) is 5.92. The van der Waals surface area contributed by atoms with Gasteiger partial charge in [0, 0.05) is 43.6 Å². The predicted molar refractivity (Wildman–Crippen MR) is 81.2 cm³/mol. The zero-order valence-corrected chi connectivity index (χ0v) is 13.0. The fraction of sp³-hybridized carbons (Fsp3) is 0.500. The maximum Gasteiger partial charge on any atom is 0.219 e. The van der Waals surface area contributed by atoms with Gasteiger partial charge in [0.05, 0.1) is 5.69 Å². The molecule has 2 rings (SSSR count). The predicted octanol–water partition coefficient (Wildman–Crippen LogP) is 2.14. The third-order valence-corrected chi connectivity index (χ3v) is 4.20. The number of halogens is 1. The van der Waals surface area contributed by atoms with Crippen molar-refractivity contribution in [2.75, 3.05) is 31.1 Å². The Morgan fingerprint density at radius 1 is 1.32 bits per heavy atom. The molecule has 0 aliphatic carbocycles. The van der Waals surface area contributed by atoms with Crippen molar-refractivity contribution < 1.29 is 4.79 Å². The quantitative estimate of drug-likeness (QED) is 0.906. The number of hydrogen-bond donors (Lipinski definition) is 1. The molecule has 1 saturated heterocycles. The Kier molecular flexibility index (Phi) is 4.47. The highest BCUT2D eigenvalue weighted by Gasteiger charge is 2.20. The third kappa shape index (κ3) is 3.28. The van der Waals surface area contributed by atoms with Crippen LogP contribution in [0.1, 0.15) is 25.5 Å². The minimum absolute atomic E-state index is 0.0416. The first-order chi connectivity index (χ1) is 8.99. The maximum atomic E-state index is 11.3. The van der Waals surface area contributed by atoms with Crippen molar-refractivity contribution in [2.45, 2.75) is 19.9 Å². The zero-order chi connectivity index (χ0) is 14.0. The van der Waals surface area contributed by atoms with Crippen LogP contribution in [0.25, 0.3) is 0 Å². The van der Waals surface area contributed by atoms with Gasteiger partial charge in [-0.2, -0.15) is 0 Å². The van der Waals surface area contributed by atoms with Crippen molar-refractivity contribution in [3.8, 4) is 0 Å². The van der Waals surface area contributed by atoms with Gasteiger partial charge < -0.3 is 15.5 Å². The van der Waals surface area contributed by atoms with E-state index in [0.717, 1.165) is 36.2 Å². The van der Waals surface area contributed by atoms with Crippen LogP contribution in [0.3, 0.4) is 0 Å². The first-order valence-electron chi connectivity index (χ1n) is 6.54. The first kappa shape index (κ1) is 14.3. The normalized spacial score (nSPS) is 17.5. The summed E-state index contributed by atoms with van der Waals surface area (Å²) in [6.07, 6.45) is 0. The van der Waals surface area contributed by atoms with Gasteiger partial charge >= 0.3 is 0 Å². The maximum absolute atomic E-state index is 11.3. The number of nitrogens with two attached hydrogens (primary N) is 1. The smallest absolute Gasteiger partial charge is 0.219 e. The Morgan fingerprint density at radius 3 is 2.42 bits per heavy atom. The van der Waals surface area contributed by atoms with Gasteiger partial charge in [0.15, 0.2) is 0 Å². The molecule has 1 atom stereocenters. The Bertz CT molecular complexity index is 468. The summed E-state index contributed by atoms with van der Waals surface area (Å²) in [6, 6.07) is 6.30. The van der Waals surface area contributed by atoms with E-state index < -0.39 is 0 Å². The molecule has 1 aromatic rings. The van der Waals surface area contributed by atoms with Gasteiger partial charge in [-0.15, -0.1) is 0 Å². The van der Waals surface area contributed by atoms with E-state index >= 15 is 0 Å². The fourth-order valence-electron chi connectivity index (χ4n) is 2.33. The van der Waals surface area contributed by atoms with Crippen molar-refractivity contribution in [1.29, 1.82) is 0 Å². The molecule has 1 aliphatic heterocycles. The van der Waals surface area contributed by atoms with Crippen molar-refractivity contribution in [3.05, 3.63) is 28.2 Å². The molecule has 5 heteroatoms. The molecule has 2 N–H and O–H groups in total. The highest BCUT2D eigenvalue weighted by atomic mass is 79.9. The summed E-state index contributed by atoms with van der Waals surface area (Å²) in [5, 5.41) is 0. The molecule has 1 amide bonds. The number of carbonyl (C=O) groups is 1. The summed E-state index contributed by atoms with van der Waals surface area (Å²) in [7, 11) is 0. The molecule has 1 aromatic carbocycles. The number of carbonyl (C=O) groups excluding carboxylic acids is 1. The standard InChI is InChI=1S/C14H20BrN3O/c1-10(16)12-3-4-14(13(15)9-12)18-7-5-17(6-8-18)11(2)19/h3-4,9-10H,5-8,16H2,1-2H3. The topological polar surface area (TPSA) is 49.6 Å². The highest BCUT2D eigenvalue weighted by molar-refractivity contribution is 9.10. The molecule has 0 bridgehead atoms. The molecular formula is C14H20BrN3O. The van der Waals surface area contributed by atoms with E-state index in [1.54, 1.807) is 6.92 Å². The largest absolute Gasteiger partial charge is 0.367 e. The second-order valence-electron chi connectivity index (χ2n) is 4.99. The lowest BCUT2D eigenvalue weighted by atomic mass is 10.1. The van der Waals surface area contributed by atoms with Gasteiger partial charge in [0.1, 0.15) is 0 Å². The summed E-state index contributed by atoms with van der Waals surface area (Å²) >= 11 is 3.62. The van der Waals surface area contributed by atoms with Crippen LogP contribution in [0.15, 0.2) is 22.7 Å². The number of benzene rings is 1. The molecule has 0 saturated carbocycles. The fourth-order valence-corrected chi connectivity index (χ4v) is 2.97. The molecule has 1 unspecified atom stereocenters. The lowest BCUT2D eigenvalue weighted by Crippen LogP contribution is -2.48. The van der Waals surface area contributed by atoms with Crippen LogP contribution in [0, 0.1) is 0 Å². The van der Waals surface area contributed by atoms with Crippen LogP contribution >= 0.6 is 15.9 Å². The number of piperazine rings is 1. The van der Waals surface area contributed by atoms with Gasteiger partial charge in [-0.3, -0.25) is 4.79 Å². The number of anilines is 1. The molecule has 0 radical (unpaired) electrons. The summed E-state index contributed by atoms with van der Waals surface area (Å²) < 4.78 is 1.07. The molecule has 1 aliphatic rings. The van der Waals surface area contributed by atoms with Gasteiger partial charge in [-0.1, -0.05) is 6.07 Å². The van der Waals surface area contributed by atoms with E-state index in [1.807, 2.05) is 11.8 Å². The van der Waals surface area contributed by atoms with Gasteiger partial charge in [-0.05, 0) is 40.5 Å². The number of amides is 1. The minimum Gasteiger partial charge on any atom is -0.367 e. The highest BCUT2D eigenvalue weighted by Crippen LogP contribution is 2.29. The lowest BCUT2D eigenvalue weighted by Gasteiger charge is -2.36. The molecule has 4 nitrogen and oxygen atoms in total. The van der Waals surface area contributed by atoms with Crippen LogP contribution in [0.4, 0.5) is 5.69 Å². The lowest BCUT2D eigenvalue weighted by molar-refractivity contribution is -0.129. The minimum atomic E-state index is 0.0416. The Hall–Kier alpha value is -1.07. The van der Waals surface area contributed by atoms with Gasteiger partial charge in [-0.25, -0.2) is 0 Å². The van der Waals surface area contributed by atoms with E-state index in [4.69, 9.17) is 5.73 Å². The molecule has 1 heterocycles. The van der Waals surface area contributed by atoms with E-state index in [-0.39, 0.29) is 11.9 Å². The summed E-state index contributed by atoms with van der Waals surface area (Å²) in [4.78, 5) is 15.5. The number of rotatable bonds is 2. The van der Waals surface area contributed by atoms with Crippen molar-refractivity contribution in [1.82, 2.24) is 4.90 Å². The SMILES string of the molecule is CC(=O)N1CCN(c2ccc(C(C)N)cc2Br)CC1. The first-order valence-corrected chi connectivity index (χ1v) is 7.34. The van der Waals surface area contributed by atoms with Gasteiger partial charge in [0.2, 0.25) is 5.91 Å². The molecule has 0 spiro atoms. The Morgan fingerprint density at radius 2 is 1.95 bits per heavy atom.